The van der Waals surface area contributed by atoms with Gasteiger partial charge in [-0.15, -0.1) is 0 Å². The topological polar surface area (TPSA) is 49.3 Å². The molecule has 2 N–H and O–H groups in total. The lowest BCUT2D eigenvalue weighted by molar-refractivity contribution is -0.132. The summed E-state index contributed by atoms with van der Waals surface area (Å²) in [7, 11) is 0. The highest BCUT2D eigenvalue weighted by atomic mass is 19.2. The van der Waals surface area contributed by atoms with Gasteiger partial charge in [-0.05, 0) is 12.1 Å². The van der Waals surface area contributed by atoms with Gasteiger partial charge in [0.05, 0.1) is 5.69 Å². The number of anilines is 1. The van der Waals surface area contributed by atoms with Gasteiger partial charge in [0.1, 0.15) is 0 Å². The first-order valence-corrected chi connectivity index (χ1v) is 4.22. The fourth-order valence-corrected chi connectivity index (χ4v) is 0.940. The molecular weight excluding hydrogens is 223 g/mol. The number of carboxylic acids is 1. The SMILES string of the molecule is C=C(CNc1ccc(F)c(F)c1F)C(=O)O. The van der Waals surface area contributed by atoms with Crippen LogP contribution in [0, 0.1) is 17.5 Å². The van der Waals surface area contributed by atoms with Crippen LogP contribution in [-0.2, 0) is 4.79 Å². The van der Waals surface area contributed by atoms with Crippen molar-refractivity contribution >= 4 is 11.7 Å². The molecule has 0 fully saturated rings. The van der Waals surface area contributed by atoms with Crippen LogP contribution in [-0.4, -0.2) is 17.6 Å². The number of aliphatic carboxylic acids is 1. The Morgan fingerprint density at radius 3 is 2.50 bits per heavy atom. The zero-order valence-corrected chi connectivity index (χ0v) is 8.06. The molecule has 1 rings (SSSR count). The van der Waals surface area contributed by atoms with E-state index < -0.39 is 23.4 Å². The van der Waals surface area contributed by atoms with E-state index in [-0.39, 0.29) is 17.8 Å². The van der Waals surface area contributed by atoms with Crippen LogP contribution in [0.15, 0.2) is 24.3 Å². The van der Waals surface area contributed by atoms with Crippen LogP contribution in [0.25, 0.3) is 0 Å². The number of halogens is 3. The Balaban J connectivity index is 2.79. The minimum Gasteiger partial charge on any atom is -0.478 e. The summed E-state index contributed by atoms with van der Waals surface area (Å²) < 4.78 is 38.3. The predicted molar refractivity (Wildman–Crippen MR) is 51.6 cm³/mol. The van der Waals surface area contributed by atoms with Crippen molar-refractivity contribution in [1.82, 2.24) is 0 Å². The van der Waals surface area contributed by atoms with E-state index in [1.54, 1.807) is 0 Å². The van der Waals surface area contributed by atoms with Gasteiger partial charge in [0.25, 0.3) is 0 Å². The second kappa shape index (κ2) is 4.69. The highest BCUT2D eigenvalue weighted by molar-refractivity contribution is 5.86. The lowest BCUT2D eigenvalue weighted by atomic mass is 10.2. The van der Waals surface area contributed by atoms with Gasteiger partial charge in [-0.25, -0.2) is 18.0 Å². The zero-order valence-electron chi connectivity index (χ0n) is 8.06. The smallest absolute Gasteiger partial charge is 0.332 e. The molecule has 0 aliphatic carbocycles. The second-order valence-corrected chi connectivity index (χ2v) is 2.99. The molecule has 0 unspecified atom stereocenters. The van der Waals surface area contributed by atoms with E-state index in [0.717, 1.165) is 12.1 Å². The monoisotopic (exact) mass is 231 g/mol. The molecule has 0 bridgehead atoms. The number of nitrogens with one attached hydrogen (secondary N) is 1. The molecule has 6 heteroatoms. The summed E-state index contributed by atoms with van der Waals surface area (Å²) in [5, 5.41) is 10.8. The van der Waals surface area contributed by atoms with E-state index >= 15 is 0 Å². The Morgan fingerprint density at radius 1 is 1.31 bits per heavy atom. The molecule has 1 aromatic rings. The molecule has 0 saturated carbocycles. The standard InChI is InChI=1S/C10H8F3NO2/c1-5(10(15)16)4-14-7-3-2-6(11)8(12)9(7)13/h2-3,14H,1,4H2,(H,15,16). The molecule has 86 valence electrons. The summed E-state index contributed by atoms with van der Waals surface area (Å²) in [6, 6.07) is 1.72. The van der Waals surface area contributed by atoms with Crippen molar-refractivity contribution in [2.24, 2.45) is 0 Å². The molecule has 0 aromatic heterocycles. The Kier molecular flexibility index (Phi) is 3.55. The van der Waals surface area contributed by atoms with Crippen molar-refractivity contribution in [1.29, 1.82) is 0 Å². The third-order valence-electron chi connectivity index (χ3n) is 1.83. The van der Waals surface area contributed by atoms with E-state index in [2.05, 4.69) is 11.9 Å². The van der Waals surface area contributed by atoms with Crippen LogP contribution < -0.4 is 5.32 Å². The van der Waals surface area contributed by atoms with Crippen molar-refractivity contribution in [3.8, 4) is 0 Å². The Labute approximate surface area is 89.2 Å². The van der Waals surface area contributed by atoms with E-state index in [1.807, 2.05) is 0 Å². The lowest BCUT2D eigenvalue weighted by Crippen LogP contribution is -2.12. The second-order valence-electron chi connectivity index (χ2n) is 2.99. The number of carbonyl (C=O) groups is 1. The summed E-state index contributed by atoms with van der Waals surface area (Å²) in [4.78, 5) is 10.4. The van der Waals surface area contributed by atoms with E-state index in [0.29, 0.717) is 0 Å². The number of rotatable bonds is 4. The molecular formula is C10H8F3NO2. The van der Waals surface area contributed by atoms with Gasteiger partial charge in [0.15, 0.2) is 17.5 Å². The molecule has 0 radical (unpaired) electrons. The van der Waals surface area contributed by atoms with Crippen LogP contribution >= 0.6 is 0 Å². The summed E-state index contributed by atoms with van der Waals surface area (Å²) in [6.45, 7) is 2.92. The van der Waals surface area contributed by atoms with Gasteiger partial charge in [-0.1, -0.05) is 6.58 Å². The molecule has 0 aliphatic heterocycles. The zero-order chi connectivity index (χ0) is 12.3. The van der Waals surface area contributed by atoms with Gasteiger partial charge in [-0.2, -0.15) is 0 Å². The average molecular weight is 231 g/mol. The number of hydrogen-bond donors (Lipinski definition) is 2. The van der Waals surface area contributed by atoms with Gasteiger partial charge < -0.3 is 10.4 Å². The number of carboxylic acid groups (broad SMARTS) is 1. The van der Waals surface area contributed by atoms with Gasteiger partial charge in [-0.3, -0.25) is 0 Å². The summed E-state index contributed by atoms with van der Waals surface area (Å²) in [6.07, 6.45) is 0. The molecule has 0 saturated heterocycles. The van der Waals surface area contributed by atoms with Crippen molar-refractivity contribution in [2.75, 3.05) is 11.9 Å². The quantitative estimate of drug-likeness (QED) is 0.616. The minimum atomic E-state index is -1.61. The summed E-state index contributed by atoms with van der Waals surface area (Å²) in [5.74, 6) is -5.56. The highest BCUT2D eigenvalue weighted by Gasteiger charge is 2.13. The first-order chi connectivity index (χ1) is 7.43. The first-order valence-electron chi connectivity index (χ1n) is 4.22. The third kappa shape index (κ3) is 2.53. The highest BCUT2D eigenvalue weighted by Crippen LogP contribution is 2.19. The number of benzene rings is 1. The summed E-state index contributed by atoms with van der Waals surface area (Å²) >= 11 is 0. The molecule has 1 aromatic carbocycles. The van der Waals surface area contributed by atoms with Crippen LogP contribution in [0.3, 0.4) is 0 Å². The average Bonchev–Trinajstić information content (AvgIpc) is 2.24. The van der Waals surface area contributed by atoms with Crippen molar-refractivity contribution < 1.29 is 23.1 Å². The van der Waals surface area contributed by atoms with E-state index in [9.17, 15) is 18.0 Å². The Morgan fingerprint density at radius 2 is 1.94 bits per heavy atom. The fraction of sp³-hybridized carbons (Fsp3) is 0.100. The third-order valence-corrected chi connectivity index (χ3v) is 1.83. The number of hydrogen-bond acceptors (Lipinski definition) is 2. The van der Waals surface area contributed by atoms with Crippen molar-refractivity contribution in [3.63, 3.8) is 0 Å². The van der Waals surface area contributed by atoms with Gasteiger partial charge in [0, 0.05) is 12.1 Å². The maximum atomic E-state index is 13.1. The molecule has 0 amide bonds. The molecule has 3 nitrogen and oxygen atoms in total. The Hall–Kier alpha value is -1.98. The molecule has 0 spiro atoms. The molecule has 0 aliphatic rings. The van der Waals surface area contributed by atoms with Crippen molar-refractivity contribution in [3.05, 3.63) is 41.7 Å². The molecule has 0 atom stereocenters. The summed E-state index contributed by atoms with van der Waals surface area (Å²) in [5.41, 5.74) is -0.537. The largest absolute Gasteiger partial charge is 0.478 e. The van der Waals surface area contributed by atoms with E-state index in [1.165, 1.54) is 0 Å². The molecule has 16 heavy (non-hydrogen) atoms. The Bertz CT molecular complexity index is 446. The maximum Gasteiger partial charge on any atom is 0.332 e. The lowest BCUT2D eigenvalue weighted by Gasteiger charge is -2.07. The fourth-order valence-electron chi connectivity index (χ4n) is 0.940. The minimum absolute atomic E-state index is 0.218. The first kappa shape index (κ1) is 12.1. The van der Waals surface area contributed by atoms with Crippen LogP contribution in [0.4, 0.5) is 18.9 Å². The van der Waals surface area contributed by atoms with E-state index in [4.69, 9.17) is 5.11 Å². The van der Waals surface area contributed by atoms with Crippen LogP contribution in [0.1, 0.15) is 0 Å². The van der Waals surface area contributed by atoms with Crippen LogP contribution in [0.2, 0.25) is 0 Å². The van der Waals surface area contributed by atoms with Crippen LogP contribution in [0.5, 0.6) is 0 Å². The predicted octanol–water partition coefficient (Wildman–Crippen LogP) is 2.16. The van der Waals surface area contributed by atoms with Gasteiger partial charge in [0.2, 0.25) is 0 Å². The van der Waals surface area contributed by atoms with Crippen molar-refractivity contribution in [2.45, 2.75) is 0 Å². The maximum absolute atomic E-state index is 13.1. The van der Waals surface area contributed by atoms with Gasteiger partial charge >= 0.3 is 5.97 Å². The normalized spacial score (nSPS) is 9.94. The molecule has 0 heterocycles.